The molecular weight excluding hydrogens is 264 g/mol. The third-order valence-corrected chi connectivity index (χ3v) is 2.67. The summed E-state index contributed by atoms with van der Waals surface area (Å²) in [5, 5.41) is 0.593. The van der Waals surface area contributed by atoms with Crippen LogP contribution in [0.1, 0.15) is 5.56 Å². The van der Waals surface area contributed by atoms with Crippen molar-refractivity contribution in [2.45, 2.75) is 6.92 Å². The minimum absolute atomic E-state index is 0.133. The molecule has 2 aromatic carbocycles. The summed E-state index contributed by atoms with van der Waals surface area (Å²) in [6, 6.07) is 14.0. The fraction of sp³-hybridized carbons (Fsp3) is 0.133. The Morgan fingerprint density at radius 2 is 1.58 bits per heavy atom. The van der Waals surface area contributed by atoms with Crippen LogP contribution in [-0.4, -0.2) is 12.6 Å². The lowest BCUT2D eigenvalue weighted by Gasteiger charge is -2.07. The molecule has 0 saturated carbocycles. The van der Waals surface area contributed by atoms with Crippen molar-refractivity contribution < 1.29 is 14.3 Å². The topological polar surface area (TPSA) is 35.5 Å². The minimum atomic E-state index is -0.456. The van der Waals surface area contributed by atoms with Crippen LogP contribution in [0.2, 0.25) is 5.02 Å². The van der Waals surface area contributed by atoms with Crippen molar-refractivity contribution in [2.24, 2.45) is 0 Å². The third kappa shape index (κ3) is 4.30. The molecular formula is C15H13ClO3. The van der Waals surface area contributed by atoms with E-state index in [1.807, 2.05) is 31.2 Å². The van der Waals surface area contributed by atoms with Crippen molar-refractivity contribution >= 4 is 17.6 Å². The average molecular weight is 277 g/mol. The molecule has 2 aromatic rings. The third-order valence-electron chi connectivity index (χ3n) is 2.42. The molecule has 0 radical (unpaired) electrons. The summed E-state index contributed by atoms with van der Waals surface area (Å²) in [7, 11) is 0. The van der Waals surface area contributed by atoms with E-state index in [1.165, 1.54) is 0 Å². The van der Waals surface area contributed by atoms with Crippen molar-refractivity contribution in [1.29, 1.82) is 0 Å². The lowest BCUT2D eigenvalue weighted by atomic mass is 10.2. The van der Waals surface area contributed by atoms with Gasteiger partial charge in [-0.05, 0) is 43.3 Å². The van der Waals surface area contributed by atoms with Gasteiger partial charge in [-0.25, -0.2) is 4.79 Å². The van der Waals surface area contributed by atoms with Gasteiger partial charge in [-0.15, -0.1) is 0 Å². The van der Waals surface area contributed by atoms with Crippen molar-refractivity contribution in [3.05, 3.63) is 59.1 Å². The van der Waals surface area contributed by atoms with Crippen molar-refractivity contribution in [2.75, 3.05) is 6.61 Å². The zero-order valence-electron chi connectivity index (χ0n) is 10.4. The molecule has 98 valence electrons. The molecule has 0 unspecified atom stereocenters. The number of aryl methyl sites for hydroxylation is 1. The summed E-state index contributed by atoms with van der Waals surface area (Å²) in [4.78, 5) is 11.6. The number of hydrogen-bond acceptors (Lipinski definition) is 3. The van der Waals surface area contributed by atoms with Crippen LogP contribution in [0.3, 0.4) is 0 Å². The molecule has 3 nitrogen and oxygen atoms in total. The second-order valence-corrected chi connectivity index (χ2v) is 4.47. The molecule has 0 aliphatic rings. The Morgan fingerprint density at radius 3 is 2.21 bits per heavy atom. The molecule has 0 aromatic heterocycles. The van der Waals surface area contributed by atoms with Gasteiger partial charge in [0.2, 0.25) is 0 Å². The molecule has 0 spiro atoms. The minimum Gasteiger partial charge on any atom is -0.482 e. The second kappa shape index (κ2) is 6.25. The number of hydrogen-bond donors (Lipinski definition) is 0. The highest BCUT2D eigenvalue weighted by molar-refractivity contribution is 6.30. The van der Waals surface area contributed by atoms with Crippen LogP contribution in [0.25, 0.3) is 0 Å². The Bertz CT molecular complexity index is 547. The number of benzene rings is 2. The number of halogens is 1. The summed E-state index contributed by atoms with van der Waals surface area (Å²) >= 11 is 5.74. The average Bonchev–Trinajstić information content (AvgIpc) is 2.41. The summed E-state index contributed by atoms with van der Waals surface area (Å²) in [5.41, 5.74) is 1.14. The molecule has 0 aliphatic heterocycles. The van der Waals surface area contributed by atoms with Gasteiger partial charge in [0.25, 0.3) is 0 Å². The van der Waals surface area contributed by atoms with Crippen molar-refractivity contribution in [3.63, 3.8) is 0 Å². The van der Waals surface area contributed by atoms with E-state index in [0.29, 0.717) is 16.5 Å². The Kier molecular flexibility index (Phi) is 4.42. The van der Waals surface area contributed by atoms with E-state index in [4.69, 9.17) is 21.1 Å². The Morgan fingerprint density at radius 1 is 1.00 bits per heavy atom. The predicted molar refractivity (Wildman–Crippen MR) is 73.8 cm³/mol. The van der Waals surface area contributed by atoms with Crippen LogP contribution in [0, 0.1) is 6.92 Å². The summed E-state index contributed by atoms with van der Waals surface area (Å²) in [5.74, 6) is 0.628. The van der Waals surface area contributed by atoms with E-state index >= 15 is 0 Å². The molecule has 4 heteroatoms. The molecule has 2 rings (SSSR count). The number of ether oxygens (including phenoxy) is 2. The Labute approximate surface area is 116 Å². The van der Waals surface area contributed by atoms with Gasteiger partial charge in [0.1, 0.15) is 11.5 Å². The van der Waals surface area contributed by atoms with Crippen LogP contribution >= 0.6 is 11.6 Å². The van der Waals surface area contributed by atoms with Crippen LogP contribution in [0.4, 0.5) is 0 Å². The summed E-state index contributed by atoms with van der Waals surface area (Å²) < 4.78 is 10.4. The molecule has 0 heterocycles. The lowest BCUT2D eigenvalue weighted by molar-refractivity contribution is -0.136. The normalized spacial score (nSPS) is 10.0. The van der Waals surface area contributed by atoms with E-state index in [-0.39, 0.29) is 6.61 Å². The number of carbonyl (C=O) groups excluding carboxylic acids is 1. The number of carbonyl (C=O) groups is 1. The van der Waals surface area contributed by atoms with Gasteiger partial charge in [0, 0.05) is 5.02 Å². The molecule has 0 N–H and O–H groups in total. The van der Waals surface area contributed by atoms with E-state index in [1.54, 1.807) is 24.3 Å². The van der Waals surface area contributed by atoms with Gasteiger partial charge in [-0.2, -0.15) is 0 Å². The monoisotopic (exact) mass is 276 g/mol. The lowest BCUT2D eigenvalue weighted by Crippen LogP contribution is -2.17. The second-order valence-electron chi connectivity index (χ2n) is 4.03. The smallest absolute Gasteiger partial charge is 0.349 e. The zero-order valence-corrected chi connectivity index (χ0v) is 11.2. The molecule has 0 saturated heterocycles. The van der Waals surface area contributed by atoms with Crippen molar-refractivity contribution in [3.8, 4) is 11.5 Å². The molecule has 19 heavy (non-hydrogen) atoms. The highest BCUT2D eigenvalue weighted by Crippen LogP contribution is 2.16. The molecule has 0 atom stereocenters. The Balaban J connectivity index is 1.84. The largest absolute Gasteiger partial charge is 0.482 e. The number of rotatable bonds is 4. The van der Waals surface area contributed by atoms with E-state index < -0.39 is 5.97 Å². The van der Waals surface area contributed by atoms with Crippen LogP contribution < -0.4 is 9.47 Å². The van der Waals surface area contributed by atoms with E-state index in [0.717, 1.165) is 5.56 Å². The SMILES string of the molecule is Cc1ccc(OCC(=O)Oc2ccc(Cl)cc2)cc1. The van der Waals surface area contributed by atoms with Gasteiger partial charge in [-0.1, -0.05) is 29.3 Å². The fourth-order valence-corrected chi connectivity index (χ4v) is 1.57. The number of esters is 1. The van der Waals surface area contributed by atoms with E-state index in [9.17, 15) is 4.79 Å². The van der Waals surface area contributed by atoms with Crippen LogP contribution in [0.15, 0.2) is 48.5 Å². The van der Waals surface area contributed by atoms with Gasteiger partial charge >= 0.3 is 5.97 Å². The molecule has 0 amide bonds. The zero-order chi connectivity index (χ0) is 13.7. The summed E-state index contributed by atoms with van der Waals surface area (Å²) in [6.45, 7) is 1.85. The highest BCUT2D eigenvalue weighted by Gasteiger charge is 2.06. The van der Waals surface area contributed by atoms with E-state index in [2.05, 4.69) is 0 Å². The molecule has 0 fully saturated rings. The highest BCUT2D eigenvalue weighted by atomic mass is 35.5. The van der Waals surface area contributed by atoms with Crippen LogP contribution in [0.5, 0.6) is 11.5 Å². The summed E-state index contributed by atoms with van der Waals surface area (Å²) in [6.07, 6.45) is 0. The first-order chi connectivity index (χ1) is 9.13. The Hall–Kier alpha value is -2.00. The molecule has 0 bridgehead atoms. The quantitative estimate of drug-likeness (QED) is 0.632. The maximum atomic E-state index is 11.6. The van der Waals surface area contributed by atoms with Gasteiger partial charge in [0.15, 0.2) is 6.61 Å². The van der Waals surface area contributed by atoms with Gasteiger partial charge < -0.3 is 9.47 Å². The molecule has 0 aliphatic carbocycles. The van der Waals surface area contributed by atoms with Gasteiger partial charge in [-0.3, -0.25) is 0 Å². The van der Waals surface area contributed by atoms with Crippen LogP contribution in [-0.2, 0) is 4.79 Å². The maximum Gasteiger partial charge on any atom is 0.349 e. The first-order valence-corrected chi connectivity index (χ1v) is 6.17. The standard InChI is InChI=1S/C15H13ClO3/c1-11-2-6-13(7-3-11)18-10-15(17)19-14-8-4-12(16)5-9-14/h2-9H,10H2,1H3. The maximum absolute atomic E-state index is 11.6. The predicted octanol–water partition coefficient (Wildman–Crippen LogP) is 3.63. The van der Waals surface area contributed by atoms with Gasteiger partial charge in [0.05, 0.1) is 0 Å². The first kappa shape index (κ1) is 13.4. The van der Waals surface area contributed by atoms with Crippen molar-refractivity contribution in [1.82, 2.24) is 0 Å². The fourth-order valence-electron chi connectivity index (χ4n) is 1.44. The first-order valence-electron chi connectivity index (χ1n) is 5.79.